The molecule has 0 radical (unpaired) electrons. The third kappa shape index (κ3) is 4.45. The van der Waals surface area contributed by atoms with Crippen LogP contribution in [0.25, 0.3) is 22.2 Å². The smallest absolute Gasteiger partial charge is 0.167 e. The van der Waals surface area contributed by atoms with Gasteiger partial charge >= 0.3 is 0 Å². The first-order valence-corrected chi connectivity index (χ1v) is 13.7. The number of aryl methyl sites for hydroxylation is 1. The lowest BCUT2D eigenvalue weighted by molar-refractivity contribution is -0.0514. The van der Waals surface area contributed by atoms with Gasteiger partial charge in [-0.15, -0.1) is 0 Å². The Morgan fingerprint density at radius 3 is 2.79 bits per heavy atom. The number of nitrogens with one attached hydrogen (secondary N) is 1. The zero-order chi connectivity index (χ0) is 26.7. The van der Waals surface area contributed by atoms with Crippen LogP contribution >= 0.6 is 0 Å². The Balaban J connectivity index is 0.915. The molecule has 5 N–H and O–H groups in total. The number of imidazole rings is 2. The van der Waals surface area contributed by atoms with E-state index in [1.807, 2.05) is 0 Å². The average molecular weight is 535 g/mol. The van der Waals surface area contributed by atoms with Crippen molar-refractivity contribution in [2.24, 2.45) is 5.92 Å². The number of nitrogens with two attached hydrogens (primary N) is 1. The number of nitrogen functional groups attached to an aromatic ring is 1. The Labute approximate surface area is 225 Å². The van der Waals surface area contributed by atoms with Crippen LogP contribution in [0, 0.1) is 5.92 Å². The van der Waals surface area contributed by atoms with Crippen molar-refractivity contribution in [2.45, 2.75) is 62.2 Å². The van der Waals surface area contributed by atoms with Gasteiger partial charge in [0.2, 0.25) is 0 Å². The number of hydrogen-bond acceptors (Lipinski definition) is 10. The zero-order valence-corrected chi connectivity index (χ0v) is 21.8. The Hall–Kier alpha value is -3.16. The Kier molecular flexibility index (Phi) is 6.24. The highest BCUT2D eigenvalue weighted by Gasteiger charge is 2.45. The van der Waals surface area contributed by atoms with Crippen molar-refractivity contribution in [3.8, 4) is 0 Å². The highest BCUT2D eigenvalue weighted by Crippen LogP contribution is 2.37. The highest BCUT2D eigenvalue weighted by molar-refractivity contribution is 5.81. The third-order valence-corrected chi connectivity index (χ3v) is 8.75. The molecule has 206 valence electrons. The molecule has 0 spiro atoms. The molecule has 0 amide bonds. The predicted molar refractivity (Wildman–Crippen MR) is 143 cm³/mol. The summed E-state index contributed by atoms with van der Waals surface area (Å²) >= 11 is 0. The Morgan fingerprint density at radius 1 is 1.15 bits per heavy atom. The van der Waals surface area contributed by atoms with Crippen molar-refractivity contribution >= 4 is 28.0 Å². The third-order valence-electron chi connectivity index (χ3n) is 8.75. The molecule has 1 saturated carbocycles. The molecule has 12 nitrogen and oxygen atoms in total. The molecule has 1 aromatic carbocycles. The molecular weight excluding hydrogens is 500 g/mol. The largest absolute Gasteiger partial charge is 0.387 e. The fraction of sp³-hybridized carbons (Fsp3) is 0.556. The van der Waals surface area contributed by atoms with Gasteiger partial charge in [-0.3, -0.25) is 4.57 Å². The van der Waals surface area contributed by atoms with Gasteiger partial charge in [0.1, 0.15) is 36.0 Å². The number of ether oxygens (including phenoxy) is 2. The second-order valence-electron chi connectivity index (χ2n) is 11.3. The number of hydrogen-bond donors (Lipinski definition) is 4. The van der Waals surface area contributed by atoms with E-state index in [4.69, 9.17) is 20.2 Å². The molecule has 4 atom stereocenters. The van der Waals surface area contributed by atoms with E-state index in [0.717, 1.165) is 55.8 Å². The maximum atomic E-state index is 10.8. The molecule has 12 heteroatoms. The van der Waals surface area contributed by atoms with Gasteiger partial charge in [0.15, 0.2) is 17.7 Å². The van der Waals surface area contributed by atoms with E-state index < -0.39 is 24.5 Å². The highest BCUT2D eigenvalue weighted by atomic mass is 16.6. The second-order valence-corrected chi connectivity index (χ2v) is 11.3. The topological polar surface area (TPSA) is 160 Å². The minimum atomic E-state index is -1.10. The number of anilines is 1. The summed E-state index contributed by atoms with van der Waals surface area (Å²) in [6.07, 6.45) is 3.64. The number of likely N-dealkylation sites (N-methyl/N-ethyl adjacent to an activating group) is 1. The number of benzene rings is 1. The van der Waals surface area contributed by atoms with E-state index in [-0.39, 0.29) is 5.82 Å². The van der Waals surface area contributed by atoms with Gasteiger partial charge in [0.05, 0.1) is 30.6 Å². The first kappa shape index (κ1) is 24.9. The van der Waals surface area contributed by atoms with E-state index in [1.165, 1.54) is 18.2 Å². The standard InChI is InChI=1S/C27H34N8O4/c1-34(9-20-23(36)24(37)27(39-20)35-13-31-22-25(28)29-12-30-26(22)35)17-6-14(7-17)2-5-21-32-18-4-3-15(8-19(18)33-21)16-10-38-11-16/h3-4,8,12-14,16-17,20,23-24,27,36-37H,2,5-7,9-11H2,1H3,(H,32,33)(H2,28,29,30)/t14?,17?,20-,23-,24-,27+/m1/s1. The molecule has 3 aliphatic rings. The fourth-order valence-corrected chi connectivity index (χ4v) is 6.12. The van der Waals surface area contributed by atoms with Crippen molar-refractivity contribution < 1.29 is 19.7 Å². The number of aliphatic hydroxyl groups is 2. The van der Waals surface area contributed by atoms with Crippen LogP contribution in [-0.2, 0) is 15.9 Å². The second kappa shape index (κ2) is 9.79. The average Bonchev–Trinajstić information content (AvgIpc) is 3.54. The molecule has 0 unspecified atom stereocenters. The van der Waals surface area contributed by atoms with Gasteiger partial charge in [0.25, 0.3) is 0 Å². The SMILES string of the molecule is CN(C[C@H]1O[C@H](n2cnc3c(N)ncnc32)[C@H](O)[C@@H]1O)C1CC(CCc2nc3ccc(C4COC4)cc3[nH]2)C1. The van der Waals surface area contributed by atoms with Gasteiger partial charge in [-0.1, -0.05) is 6.07 Å². The first-order valence-electron chi connectivity index (χ1n) is 13.7. The minimum Gasteiger partial charge on any atom is -0.387 e. The molecule has 2 aliphatic heterocycles. The van der Waals surface area contributed by atoms with E-state index >= 15 is 0 Å². The maximum Gasteiger partial charge on any atom is 0.167 e. The van der Waals surface area contributed by atoms with E-state index in [1.54, 1.807) is 4.57 Å². The molecule has 0 bridgehead atoms. The molecule has 1 aliphatic carbocycles. The first-order chi connectivity index (χ1) is 18.9. The van der Waals surface area contributed by atoms with Crippen LogP contribution in [0.5, 0.6) is 0 Å². The summed E-state index contributed by atoms with van der Waals surface area (Å²) in [5.41, 5.74) is 10.2. The predicted octanol–water partition coefficient (Wildman–Crippen LogP) is 1.36. The van der Waals surface area contributed by atoms with Crippen LogP contribution in [0.2, 0.25) is 0 Å². The van der Waals surface area contributed by atoms with Crippen LogP contribution in [0.1, 0.15) is 42.8 Å². The van der Waals surface area contributed by atoms with E-state index in [2.05, 4.69) is 50.1 Å². The molecule has 3 fully saturated rings. The van der Waals surface area contributed by atoms with Crippen molar-refractivity contribution in [3.05, 3.63) is 42.2 Å². The molecule has 39 heavy (non-hydrogen) atoms. The summed E-state index contributed by atoms with van der Waals surface area (Å²) in [6.45, 7) is 2.14. The summed E-state index contributed by atoms with van der Waals surface area (Å²) in [4.78, 5) is 23.0. The summed E-state index contributed by atoms with van der Waals surface area (Å²) in [5, 5.41) is 21.5. The van der Waals surface area contributed by atoms with Crippen molar-refractivity contribution in [1.29, 1.82) is 0 Å². The lowest BCUT2D eigenvalue weighted by atomic mass is 9.76. The number of H-pyrrole nitrogens is 1. The van der Waals surface area contributed by atoms with Crippen LogP contribution in [0.3, 0.4) is 0 Å². The molecule has 3 aromatic heterocycles. The van der Waals surface area contributed by atoms with Crippen molar-refractivity contribution in [1.82, 2.24) is 34.4 Å². The lowest BCUT2D eigenvalue weighted by Crippen LogP contribution is -2.47. The fourth-order valence-electron chi connectivity index (χ4n) is 6.12. The zero-order valence-electron chi connectivity index (χ0n) is 21.8. The van der Waals surface area contributed by atoms with Gasteiger partial charge in [0, 0.05) is 24.9 Å². The van der Waals surface area contributed by atoms with Crippen LogP contribution in [0.15, 0.2) is 30.9 Å². The minimum absolute atomic E-state index is 0.261. The summed E-state index contributed by atoms with van der Waals surface area (Å²) in [7, 11) is 2.06. The number of nitrogens with zero attached hydrogens (tertiary/aromatic N) is 6. The Morgan fingerprint density at radius 2 is 2.00 bits per heavy atom. The summed E-state index contributed by atoms with van der Waals surface area (Å²) < 4.78 is 13.1. The quantitative estimate of drug-likeness (QED) is 0.260. The van der Waals surface area contributed by atoms with Gasteiger partial charge < -0.3 is 35.3 Å². The molecule has 4 aromatic rings. The van der Waals surface area contributed by atoms with Crippen molar-refractivity contribution in [2.75, 3.05) is 32.5 Å². The molecule has 2 saturated heterocycles. The number of aromatic amines is 1. The summed E-state index contributed by atoms with van der Waals surface area (Å²) in [6, 6.07) is 6.91. The van der Waals surface area contributed by atoms with Gasteiger partial charge in [-0.2, -0.15) is 0 Å². The van der Waals surface area contributed by atoms with E-state index in [9.17, 15) is 10.2 Å². The van der Waals surface area contributed by atoms with E-state index in [0.29, 0.717) is 35.6 Å². The number of rotatable bonds is 8. The molecule has 5 heterocycles. The van der Waals surface area contributed by atoms with Gasteiger partial charge in [-0.05, 0) is 49.9 Å². The molecular formula is C27H34N8O4. The Bertz CT molecular complexity index is 1480. The number of aliphatic hydroxyl groups excluding tert-OH is 2. The number of aromatic nitrogens is 6. The van der Waals surface area contributed by atoms with Crippen LogP contribution < -0.4 is 5.73 Å². The van der Waals surface area contributed by atoms with Crippen LogP contribution in [0.4, 0.5) is 5.82 Å². The lowest BCUT2D eigenvalue weighted by Gasteiger charge is -2.42. The van der Waals surface area contributed by atoms with Gasteiger partial charge in [-0.25, -0.2) is 19.9 Å². The maximum absolute atomic E-state index is 10.8. The number of fused-ring (bicyclic) bond motifs is 2. The molecule has 7 rings (SSSR count). The monoisotopic (exact) mass is 534 g/mol. The van der Waals surface area contributed by atoms with Crippen molar-refractivity contribution in [3.63, 3.8) is 0 Å². The summed E-state index contributed by atoms with van der Waals surface area (Å²) in [5.74, 6) is 2.46. The normalized spacial score (nSPS) is 29.3. The van der Waals surface area contributed by atoms with Crippen LogP contribution in [-0.4, -0.2) is 95.8 Å².